The summed E-state index contributed by atoms with van der Waals surface area (Å²) in [6.45, 7) is 2.45. The molecular formula is C14H18ClNO4S. The van der Waals surface area contributed by atoms with Gasteiger partial charge in [-0.15, -0.1) is 11.6 Å². The van der Waals surface area contributed by atoms with E-state index in [1.807, 2.05) is 6.92 Å². The lowest BCUT2D eigenvalue weighted by Gasteiger charge is -2.27. The summed E-state index contributed by atoms with van der Waals surface area (Å²) in [6, 6.07) is 6.67. The Kier molecular flexibility index (Phi) is 5.11. The van der Waals surface area contributed by atoms with Crippen molar-refractivity contribution in [3.8, 4) is 5.75 Å². The molecule has 1 fully saturated rings. The minimum atomic E-state index is -3.07. The maximum absolute atomic E-state index is 12.1. The Labute approximate surface area is 129 Å². The zero-order valence-electron chi connectivity index (χ0n) is 11.8. The summed E-state index contributed by atoms with van der Waals surface area (Å²) >= 11 is 5.66. The molecule has 116 valence electrons. The van der Waals surface area contributed by atoms with Gasteiger partial charge in [0.25, 0.3) is 0 Å². The number of hydrogen-bond acceptors (Lipinski definition) is 4. The molecule has 21 heavy (non-hydrogen) atoms. The molecule has 1 aromatic carbocycles. The third-order valence-corrected chi connectivity index (χ3v) is 5.36. The van der Waals surface area contributed by atoms with Crippen LogP contribution in [0, 0.1) is 0 Å². The van der Waals surface area contributed by atoms with Crippen molar-refractivity contribution in [1.29, 1.82) is 0 Å². The molecule has 1 unspecified atom stereocenters. The van der Waals surface area contributed by atoms with Crippen LogP contribution in [0.2, 0.25) is 0 Å². The van der Waals surface area contributed by atoms with Crippen molar-refractivity contribution in [2.24, 2.45) is 0 Å². The van der Waals surface area contributed by atoms with Crippen LogP contribution in [0.1, 0.15) is 13.3 Å². The van der Waals surface area contributed by atoms with Gasteiger partial charge in [-0.1, -0.05) is 0 Å². The first-order valence-corrected chi connectivity index (χ1v) is 9.13. The van der Waals surface area contributed by atoms with Gasteiger partial charge in [-0.05, 0) is 37.6 Å². The summed E-state index contributed by atoms with van der Waals surface area (Å²) in [7, 11) is -3.07. The van der Waals surface area contributed by atoms with Gasteiger partial charge in [-0.3, -0.25) is 4.79 Å². The molecule has 0 bridgehead atoms. The van der Waals surface area contributed by atoms with Gasteiger partial charge in [0.2, 0.25) is 5.91 Å². The fourth-order valence-electron chi connectivity index (χ4n) is 2.47. The summed E-state index contributed by atoms with van der Waals surface area (Å²) in [5.74, 6) is 0.342. The molecular weight excluding hydrogens is 314 g/mol. The summed E-state index contributed by atoms with van der Waals surface area (Å²) in [6.07, 6.45) is 0.443. The van der Waals surface area contributed by atoms with Crippen LogP contribution in [-0.2, 0) is 14.6 Å². The standard InChI is InChI=1S/C14H18ClNO4S/c1-2-20-13-5-3-11(4-6-13)16(14(17)9-15)12-7-8-21(18,19)10-12/h3-6,12H,2,7-10H2,1H3. The summed E-state index contributed by atoms with van der Waals surface area (Å²) < 4.78 is 28.6. The van der Waals surface area contributed by atoms with Crippen molar-refractivity contribution < 1.29 is 17.9 Å². The fourth-order valence-corrected chi connectivity index (χ4v) is 4.30. The molecule has 7 heteroatoms. The van der Waals surface area contributed by atoms with E-state index in [1.54, 1.807) is 24.3 Å². The summed E-state index contributed by atoms with van der Waals surface area (Å²) in [5, 5.41) is 0. The van der Waals surface area contributed by atoms with Crippen molar-refractivity contribution in [2.45, 2.75) is 19.4 Å². The molecule has 2 rings (SSSR count). The Morgan fingerprint density at radius 3 is 2.52 bits per heavy atom. The molecule has 1 heterocycles. The second kappa shape index (κ2) is 6.66. The number of amides is 1. The van der Waals surface area contributed by atoms with E-state index in [-0.39, 0.29) is 29.3 Å². The van der Waals surface area contributed by atoms with Crippen molar-refractivity contribution in [3.05, 3.63) is 24.3 Å². The van der Waals surface area contributed by atoms with Crippen molar-refractivity contribution in [3.63, 3.8) is 0 Å². The third-order valence-electron chi connectivity index (χ3n) is 3.38. The molecule has 1 aliphatic heterocycles. The first-order chi connectivity index (χ1) is 9.96. The summed E-state index contributed by atoms with van der Waals surface area (Å²) in [5.41, 5.74) is 0.645. The first-order valence-electron chi connectivity index (χ1n) is 6.78. The Morgan fingerprint density at radius 2 is 2.05 bits per heavy atom. The molecule has 0 N–H and O–H groups in total. The highest BCUT2D eigenvalue weighted by Gasteiger charge is 2.35. The average Bonchev–Trinajstić information content (AvgIpc) is 2.81. The number of halogens is 1. The first kappa shape index (κ1) is 16.1. The lowest BCUT2D eigenvalue weighted by molar-refractivity contribution is -0.116. The number of carbonyl (C=O) groups is 1. The zero-order chi connectivity index (χ0) is 15.5. The maximum Gasteiger partial charge on any atom is 0.242 e. The van der Waals surface area contributed by atoms with E-state index in [4.69, 9.17) is 16.3 Å². The van der Waals surface area contributed by atoms with Gasteiger partial charge in [-0.2, -0.15) is 0 Å². The topological polar surface area (TPSA) is 63.7 Å². The number of rotatable bonds is 5. The zero-order valence-corrected chi connectivity index (χ0v) is 13.4. The molecule has 1 aromatic rings. The smallest absolute Gasteiger partial charge is 0.242 e. The predicted octanol–water partition coefficient (Wildman–Crippen LogP) is 1.84. The Bertz CT molecular complexity index is 600. The number of nitrogens with zero attached hydrogens (tertiary/aromatic N) is 1. The number of ether oxygens (including phenoxy) is 1. The van der Waals surface area contributed by atoms with E-state index in [2.05, 4.69) is 0 Å². The molecule has 0 saturated carbocycles. The summed E-state index contributed by atoms with van der Waals surface area (Å²) in [4.78, 5) is 13.6. The number of sulfone groups is 1. The molecule has 1 atom stereocenters. The average molecular weight is 332 g/mol. The van der Waals surface area contributed by atoms with Crippen LogP contribution in [0.4, 0.5) is 5.69 Å². The number of anilines is 1. The van der Waals surface area contributed by atoms with Gasteiger partial charge in [0.05, 0.1) is 24.2 Å². The number of hydrogen-bond donors (Lipinski definition) is 0. The van der Waals surface area contributed by atoms with Gasteiger partial charge in [0, 0.05) is 5.69 Å². The molecule has 1 aliphatic rings. The molecule has 0 aromatic heterocycles. The van der Waals surface area contributed by atoms with Crippen LogP contribution >= 0.6 is 11.6 Å². The number of carbonyl (C=O) groups excluding carboxylic acids is 1. The largest absolute Gasteiger partial charge is 0.494 e. The van der Waals surface area contributed by atoms with Crippen molar-refractivity contribution in [2.75, 3.05) is 28.9 Å². The van der Waals surface area contributed by atoms with Crippen molar-refractivity contribution in [1.82, 2.24) is 0 Å². The van der Waals surface area contributed by atoms with Gasteiger partial charge in [0.1, 0.15) is 11.6 Å². The highest BCUT2D eigenvalue weighted by molar-refractivity contribution is 7.91. The van der Waals surface area contributed by atoms with Crippen LogP contribution in [0.15, 0.2) is 24.3 Å². The van der Waals surface area contributed by atoms with Gasteiger partial charge >= 0.3 is 0 Å². The van der Waals surface area contributed by atoms with Gasteiger partial charge in [-0.25, -0.2) is 8.42 Å². The van der Waals surface area contributed by atoms with Crippen LogP contribution in [0.5, 0.6) is 5.75 Å². The van der Waals surface area contributed by atoms with Gasteiger partial charge < -0.3 is 9.64 Å². The van der Waals surface area contributed by atoms with Crippen molar-refractivity contribution >= 4 is 33.0 Å². The van der Waals surface area contributed by atoms with Crippen LogP contribution in [0.25, 0.3) is 0 Å². The quantitative estimate of drug-likeness (QED) is 0.772. The Balaban J connectivity index is 2.26. The molecule has 0 aliphatic carbocycles. The lowest BCUT2D eigenvalue weighted by Crippen LogP contribution is -2.42. The van der Waals surface area contributed by atoms with E-state index in [9.17, 15) is 13.2 Å². The second-order valence-electron chi connectivity index (χ2n) is 4.88. The number of alkyl halides is 1. The Morgan fingerprint density at radius 1 is 1.38 bits per heavy atom. The predicted molar refractivity (Wildman–Crippen MR) is 82.9 cm³/mol. The van der Waals surface area contributed by atoms with E-state index in [0.29, 0.717) is 24.5 Å². The maximum atomic E-state index is 12.1. The van der Waals surface area contributed by atoms with E-state index >= 15 is 0 Å². The SMILES string of the molecule is CCOc1ccc(N(C(=O)CCl)C2CCS(=O)(=O)C2)cc1. The monoisotopic (exact) mass is 331 g/mol. The molecule has 1 saturated heterocycles. The third kappa shape index (κ3) is 3.89. The van der Waals surface area contributed by atoms with E-state index in [1.165, 1.54) is 4.90 Å². The highest BCUT2D eigenvalue weighted by atomic mass is 35.5. The van der Waals surface area contributed by atoms with E-state index in [0.717, 1.165) is 0 Å². The van der Waals surface area contributed by atoms with Crippen LogP contribution < -0.4 is 9.64 Å². The number of benzene rings is 1. The van der Waals surface area contributed by atoms with Crippen LogP contribution in [-0.4, -0.2) is 44.4 Å². The minimum Gasteiger partial charge on any atom is -0.494 e. The lowest BCUT2D eigenvalue weighted by atomic mass is 10.2. The normalized spacial score (nSPS) is 20.2. The Hall–Kier alpha value is -1.27. The molecule has 1 amide bonds. The van der Waals surface area contributed by atoms with Crippen LogP contribution in [0.3, 0.4) is 0 Å². The second-order valence-corrected chi connectivity index (χ2v) is 7.38. The van der Waals surface area contributed by atoms with Gasteiger partial charge in [0.15, 0.2) is 9.84 Å². The highest BCUT2D eigenvalue weighted by Crippen LogP contribution is 2.26. The molecule has 0 spiro atoms. The van der Waals surface area contributed by atoms with E-state index < -0.39 is 9.84 Å². The molecule has 5 nitrogen and oxygen atoms in total. The fraction of sp³-hybridized carbons (Fsp3) is 0.500. The minimum absolute atomic E-state index is 0.0111. The molecule has 0 radical (unpaired) electrons.